The van der Waals surface area contributed by atoms with Gasteiger partial charge in [0.05, 0.1) is 5.69 Å². The number of anilines is 1. The normalized spacial score (nSPS) is 18.1. The predicted molar refractivity (Wildman–Crippen MR) is 93.4 cm³/mol. The van der Waals surface area contributed by atoms with Crippen molar-refractivity contribution in [1.82, 2.24) is 4.90 Å². The summed E-state index contributed by atoms with van der Waals surface area (Å²) in [6.07, 6.45) is 0. The number of carbonyl (C=O) groups is 1. The van der Waals surface area contributed by atoms with Gasteiger partial charge in [-0.15, -0.1) is 11.3 Å². The second-order valence-corrected chi connectivity index (χ2v) is 8.95. The van der Waals surface area contributed by atoms with E-state index < -0.39 is 0 Å². The minimum absolute atomic E-state index is 0.0847. The number of amides is 1. The lowest BCUT2D eigenvalue weighted by Crippen LogP contribution is -2.46. The van der Waals surface area contributed by atoms with Gasteiger partial charge in [-0.1, -0.05) is 18.2 Å². The van der Waals surface area contributed by atoms with Crippen LogP contribution in [0.1, 0.15) is 29.1 Å². The van der Waals surface area contributed by atoms with Gasteiger partial charge in [-0.3, -0.25) is 4.79 Å². The van der Waals surface area contributed by atoms with Crippen molar-refractivity contribution in [3.63, 3.8) is 0 Å². The van der Waals surface area contributed by atoms with E-state index in [1.807, 2.05) is 28.8 Å². The number of nitrogens with two attached hydrogens (primary N) is 1. The average Bonchev–Trinajstić information content (AvgIpc) is 2.76. The van der Waals surface area contributed by atoms with Gasteiger partial charge in [0, 0.05) is 33.7 Å². The molecule has 0 bridgehead atoms. The molecule has 0 atom stereocenters. The monoisotopic (exact) mass is 320 g/mol. The zero-order valence-corrected chi connectivity index (χ0v) is 14.2. The van der Waals surface area contributed by atoms with E-state index in [1.54, 1.807) is 0 Å². The maximum Gasteiger partial charge on any atom is 0.266 e. The quantitative estimate of drug-likeness (QED) is 0.870. The van der Waals surface area contributed by atoms with Gasteiger partial charge in [-0.25, -0.2) is 0 Å². The first-order valence-corrected chi connectivity index (χ1v) is 8.90. The number of carbonyl (C=O) groups excluding carboxylic acids is 1. The Kier molecular flexibility index (Phi) is 3.66. The van der Waals surface area contributed by atoms with E-state index >= 15 is 0 Å². The van der Waals surface area contributed by atoms with Crippen LogP contribution in [0.25, 0.3) is 10.1 Å². The number of thioether (sulfide) groups is 1. The first kappa shape index (κ1) is 14.7. The van der Waals surface area contributed by atoms with E-state index in [0.29, 0.717) is 10.6 Å². The highest BCUT2D eigenvalue weighted by molar-refractivity contribution is 8.00. The molecule has 3 rings (SSSR count). The van der Waals surface area contributed by atoms with Gasteiger partial charge in [0.25, 0.3) is 5.91 Å². The molecule has 2 aromatic rings. The van der Waals surface area contributed by atoms with Crippen molar-refractivity contribution >= 4 is 44.8 Å². The first-order chi connectivity index (χ1) is 9.89. The van der Waals surface area contributed by atoms with Crippen LogP contribution in [0.3, 0.4) is 0 Å². The van der Waals surface area contributed by atoms with Crippen molar-refractivity contribution in [1.29, 1.82) is 0 Å². The van der Waals surface area contributed by atoms with Crippen molar-refractivity contribution < 1.29 is 4.79 Å². The van der Waals surface area contributed by atoms with Crippen LogP contribution in [0.4, 0.5) is 5.69 Å². The van der Waals surface area contributed by atoms with E-state index in [9.17, 15) is 4.79 Å². The third kappa shape index (κ3) is 2.64. The summed E-state index contributed by atoms with van der Waals surface area (Å²) in [5, 5.41) is 1.01. The number of rotatable bonds is 1. The van der Waals surface area contributed by atoms with Crippen molar-refractivity contribution in [2.45, 2.75) is 25.5 Å². The van der Waals surface area contributed by atoms with E-state index in [1.165, 1.54) is 16.9 Å². The summed E-state index contributed by atoms with van der Waals surface area (Å²) < 4.78 is 1.25. The average molecular weight is 320 g/mol. The highest BCUT2D eigenvalue weighted by atomic mass is 32.2. The fourth-order valence-corrected chi connectivity index (χ4v) is 5.04. The lowest BCUT2D eigenvalue weighted by molar-refractivity contribution is 0.0754. The number of aryl methyl sites for hydroxylation is 1. The topological polar surface area (TPSA) is 46.3 Å². The Bertz CT molecular complexity index is 706. The zero-order chi connectivity index (χ0) is 15.2. The standard InChI is InChI=1S/C16H20N2OS2/c1-10-5-4-6-11-12(17)14(21-13(10)11)15(19)18-7-8-20-16(2,3)9-18/h4-6H,7-9,17H2,1-3H3. The number of nitrogen functional groups attached to an aromatic ring is 1. The Balaban J connectivity index is 1.98. The van der Waals surface area contributed by atoms with Gasteiger partial charge in [-0.05, 0) is 26.3 Å². The molecule has 0 saturated carbocycles. The highest BCUT2D eigenvalue weighted by Crippen LogP contribution is 2.37. The largest absolute Gasteiger partial charge is 0.397 e. The molecule has 1 aliphatic heterocycles. The number of nitrogens with zero attached hydrogens (tertiary/aromatic N) is 1. The van der Waals surface area contributed by atoms with Crippen LogP contribution in [-0.2, 0) is 0 Å². The lowest BCUT2D eigenvalue weighted by atomic mass is 10.1. The van der Waals surface area contributed by atoms with E-state index in [4.69, 9.17) is 5.73 Å². The number of thiophene rings is 1. The molecule has 2 heterocycles. The number of fused-ring (bicyclic) bond motifs is 1. The van der Waals surface area contributed by atoms with Crippen LogP contribution in [0, 0.1) is 6.92 Å². The third-order valence-corrected chi connectivity index (χ3v) is 6.50. The second-order valence-electron chi connectivity index (χ2n) is 6.13. The van der Waals surface area contributed by atoms with Crippen molar-refractivity contribution in [2.75, 3.05) is 24.6 Å². The van der Waals surface area contributed by atoms with Gasteiger partial charge >= 0.3 is 0 Å². The first-order valence-electron chi connectivity index (χ1n) is 7.10. The van der Waals surface area contributed by atoms with Gasteiger partial charge < -0.3 is 10.6 Å². The van der Waals surface area contributed by atoms with Crippen LogP contribution in [-0.4, -0.2) is 34.4 Å². The minimum Gasteiger partial charge on any atom is -0.397 e. The van der Waals surface area contributed by atoms with E-state index in [2.05, 4.69) is 26.8 Å². The van der Waals surface area contributed by atoms with Crippen LogP contribution >= 0.6 is 23.1 Å². The molecule has 1 saturated heterocycles. The molecule has 112 valence electrons. The number of hydrogen-bond acceptors (Lipinski definition) is 4. The molecule has 1 aromatic carbocycles. The SMILES string of the molecule is Cc1cccc2c(N)c(C(=O)N3CCSC(C)(C)C3)sc12. The summed E-state index contributed by atoms with van der Waals surface area (Å²) in [6.45, 7) is 8.03. The van der Waals surface area contributed by atoms with Crippen LogP contribution in [0.15, 0.2) is 18.2 Å². The van der Waals surface area contributed by atoms with Crippen LogP contribution in [0.5, 0.6) is 0 Å². The van der Waals surface area contributed by atoms with E-state index in [-0.39, 0.29) is 10.7 Å². The Morgan fingerprint density at radius 2 is 2.14 bits per heavy atom. The summed E-state index contributed by atoms with van der Waals surface area (Å²) in [4.78, 5) is 15.5. The predicted octanol–water partition coefficient (Wildman–Crippen LogP) is 3.76. The molecule has 21 heavy (non-hydrogen) atoms. The maximum absolute atomic E-state index is 12.8. The van der Waals surface area contributed by atoms with Gasteiger partial charge in [0.1, 0.15) is 4.88 Å². The molecule has 1 fully saturated rings. The molecule has 0 aliphatic carbocycles. The Labute approximate surface area is 133 Å². The molecule has 1 aliphatic rings. The second kappa shape index (κ2) is 5.21. The Morgan fingerprint density at radius 1 is 1.38 bits per heavy atom. The van der Waals surface area contributed by atoms with Gasteiger partial charge in [0.2, 0.25) is 0 Å². The molecule has 5 heteroatoms. The molecule has 0 spiro atoms. The molecule has 1 aromatic heterocycles. The Hall–Kier alpha value is -1.20. The fourth-order valence-electron chi connectivity index (χ4n) is 2.77. The molecular formula is C16H20N2OS2. The molecule has 0 unspecified atom stereocenters. The van der Waals surface area contributed by atoms with Gasteiger partial charge in [0.15, 0.2) is 0 Å². The zero-order valence-electron chi connectivity index (χ0n) is 12.6. The van der Waals surface area contributed by atoms with Crippen molar-refractivity contribution in [2.24, 2.45) is 0 Å². The fraction of sp³-hybridized carbons (Fsp3) is 0.438. The van der Waals surface area contributed by atoms with Crippen LogP contribution in [0.2, 0.25) is 0 Å². The smallest absolute Gasteiger partial charge is 0.266 e. The summed E-state index contributed by atoms with van der Waals surface area (Å²) >= 11 is 3.46. The Morgan fingerprint density at radius 3 is 2.81 bits per heavy atom. The van der Waals surface area contributed by atoms with Crippen molar-refractivity contribution in [3.8, 4) is 0 Å². The summed E-state index contributed by atoms with van der Waals surface area (Å²) in [7, 11) is 0. The highest BCUT2D eigenvalue weighted by Gasteiger charge is 2.31. The molecule has 1 amide bonds. The van der Waals surface area contributed by atoms with Crippen molar-refractivity contribution in [3.05, 3.63) is 28.6 Å². The summed E-state index contributed by atoms with van der Waals surface area (Å²) in [5.41, 5.74) is 8.06. The minimum atomic E-state index is 0.0847. The molecule has 3 nitrogen and oxygen atoms in total. The van der Waals surface area contributed by atoms with E-state index in [0.717, 1.165) is 28.9 Å². The lowest BCUT2D eigenvalue weighted by Gasteiger charge is -2.37. The maximum atomic E-state index is 12.8. The van der Waals surface area contributed by atoms with Crippen LogP contribution < -0.4 is 5.73 Å². The summed E-state index contributed by atoms with van der Waals surface area (Å²) in [5.74, 6) is 1.07. The number of hydrogen-bond donors (Lipinski definition) is 1. The third-order valence-electron chi connectivity index (χ3n) is 3.86. The molecule has 0 radical (unpaired) electrons. The van der Waals surface area contributed by atoms with Gasteiger partial charge in [-0.2, -0.15) is 11.8 Å². The molecule has 2 N–H and O–H groups in total. The molecular weight excluding hydrogens is 300 g/mol. The number of benzene rings is 1. The summed E-state index contributed by atoms with van der Waals surface area (Å²) in [6, 6.07) is 6.06.